The Bertz CT molecular complexity index is 1120. The molecule has 0 bridgehead atoms. The van der Waals surface area contributed by atoms with Gasteiger partial charge in [-0.25, -0.2) is 0 Å². The van der Waals surface area contributed by atoms with E-state index < -0.39 is 18.2 Å². The number of carbonyl (C=O) groups is 2. The summed E-state index contributed by atoms with van der Waals surface area (Å²) < 4.78 is 5.81. The highest BCUT2D eigenvalue weighted by Gasteiger charge is 2.23. The number of nitrogens with one attached hydrogen (secondary N) is 1. The molecule has 0 radical (unpaired) electrons. The standard InChI is InChI=1S/C54H95NO5/c1-4-7-10-13-16-19-21-23-25-26-27-28-30-32-35-38-41-44-47-54(59)60-50(45-42-39-36-34-31-29-24-22-20-17-14-11-8-5-2)48-53(58)55-51(49-56)52(57)46-43-40-37-33-18-15-12-9-6-3/h8,11,17,20,24,27-29,34,36,42,45,50-52,56-57H,4-7,9-10,12-16,18-19,21-23,25-26,30-33,35,37-41,43-44,46-49H2,1-3H3,(H,55,58)/b11-8+,20-17+,28-27+,29-24+,36-34+,45-42+. The fourth-order valence-corrected chi connectivity index (χ4v) is 7.21. The molecule has 0 aliphatic heterocycles. The minimum Gasteiger partial charge on any atom is -0.458 e. The number of allylic oxidation sites excluding steroid dienone is 11. The molecular weight excluding hydrogens is 743 g/mol. The van der Waals surface area contributed by atoms with Crippen LogP contribution in [0.5, 0.6) is 0 Å². The van der Waals surface area contributed by atoms with Crippen LogP contribution in [-0.2, 0) is 14.3 Å². The SMILES string of the molecule is CC/C=C/C/C=C/C/C=C/C/C=C/C/C=C/C(CC(=O)NC(CO)C(O)CCCCCCCCCCC)OC(=O)CCCCCCC/C=C/CCCCCCCCCCC. The summed E-state index contributed by atoms with van der Waals surface area (Å²) >= 11 is 0. The maximum atomic E-state index is 13.1. The van der Waals surface area contributed by atoms with Gasteiger partial charge in [0.25, 0.3) is 0 Å². The van der Waals surface area contributed by atoms with Gasteiger partial charge in [-0.05, 0) is 76.7 Å². The quantitative estimate of drug-likeness (QED) is 0.0323. The van der Waals surface area contributed by atoms with Crippen LogP contribution in [0.25, 0.3) is 0 Å². The molecule has 3 unspecified atom stereocenters. The van der Waals surface area contributed by atoms with Gasteiger partial charge in [-0.3, -0.25) is 9.59 Å². The number of aliphatic hydroxyl groups excluding tert-OH is 2. The molecule has 346 valence electrons. The van der Waals surface area contributed by atoms with Gasteiger partial charge in [0.15, 0.2) is 0 Å². The largest absolute Gasteiger partial charge is 0.458 e. The van der Waals surface area contributed by atoms with Crippen LogP contribution in [0, 0.1) is 0 Å². The summed E-state index contributed by atoms with van der Waals surface area (Å²) in [5.41, 5.74) is 0. The van der Waals surface area contributed by atoms with E-state index >= 15 is 0 Å². The van der Waals surface area contributed by atoms with Gasteiger partial charge in [0.2, 0.25) is 5.91 Å². The Morgan fingerprint density at radius 3 is 1.40 bits per heavy atom. The van der Waals surface area contributed by atoms with E-state index in [9.17, 15) is 19.8 Å². The second-order valence-corrected chi connectivity index (χ2v) is 16.8. The molecular formula is C54H95NO5. The van der Waals surface area contributed by atoms with Crippen LogP contribution in [0.15, 0.2) is 72.9 Å². The normalized spacial score (nSPS) is 13.9. The molecule has 0 aliphatic carbocycles. The van der Waals surface area contributed by atoms with Gasteiger partial charge < -0.3 is 20.3 Å². The van der Waals surface area contributed by atoms with E-state index in [4.69, 9.17) is 4.74 Å². The minimum absolute atomic E-state index is 0.0513. The zero-order chi connectivity index (χ0) is 43.8. The molecule has 0 heterocycles. The average Bonchev–Trinajstić information content (AvgIpc) is 3.24. The topological polar surface area (TPSA) is 95.9 Å². The monoisotopic (exact) mass is 838 g/mol. The zero-order valence-corrected chi connectivity index (χ0v) is 39.3. The molecule has 0 rings (SSSR count). The number of ether oxygens (including phenoxy) is 1. The van der Waals surface area contributed by atoms with Crippen molar-refractivity contribution in [2.45, 2.75) is 251 Å². The number of hydrogen-bond donors (Lipinski definition) is 3. The molecule has 0 spiro atoms. The Hall–Kier alpha value is -2.70. The Morgan fingerprint density at radius 2 is 0.933 bits per heavy atom. The number of carbonyl (C=O) groups excluding carboxylic acids is 2. The van der Waals surface area contributed by atoms with Gasteiger partial charge >= 0.3 is 5.97 Å². The van der Waals surface area contributed by atoms with Crippen molar-refractivity contribution in [3.8, 4) is 0 Å². The molecule has 3 N–H and O–H groups in total. The minimum atomic E-state index is -0.821. The molecule has 0 aliphatic rings. The van der Waals surface area contributed by atoms with Crippen LogP contribution >= 0.6 is 0 Å². The fourth-order valence-electron chi connectivity index (χ4n) is 7.21. The lowest BCUT2D eigenvalue weighted by Gasteiger charge is -2.23. The Kier molecular flexibility index (Phi) is 45.2. The third-order valence-electron chi connectivity index (χ3n) is 11.0. The molecule has 0 saturated carbocycles. The summed E-state index contributed by atoms with van der Waals surface area (Å²) in [6, 6.07) is -0.744. The summed E-state index contributed by atoms with van der Waals surface area (Å²) in [7, 11) is 0. The predicted molar refractivity (Wildman–Crippen MR) is 259 cm³/mol. The lowest BCUT2D eigenvalue weighted by molar-refractivity contribution is -0.148. The fraction of sp³-hybridized carbons (Fsp3) is 0.741. The summed E-state index contributed by atoms with van der Waals surface area (Å²) in [5, 5.41) is 23.6. The average molecular weight is 838 g/mol. The zero-order valence-electron chi connectivity index (χ0n) is 39.3. The molecule has 6 nitrogen and oxygen atoms in total. The first-order valence-electron chi connectivity index (χ1n) is 25.2. The summed E-state index contributed by atoms with van der Waals surface area (Å²) in [4.78, 5) is 26.0. The molecule has 0 fully saturated rings. The molecule has 0 aromatic rings. The van der Waals surface area contributed by atoms with E-state index in [1.54, 1.807) is 6.08 Å². The smallest absolute Gasteiger partial charge is 0.306 e. The van der Waals surface area contributed by atoms with E-state index in [2.05, 4.69) is 86.8 Å². The Balaban J connectivity index is 4.70. The van der Waals surface area contributed by atoms with Crippen LogP contribution in [0.2, 0.25) is 0 Å². The molecule has 6 heteroatoms. The highest BCUT2D eigenvalue weighted by Crippen LogP contribution is 2.15. The maximum Gasteiger partial charge on any atom is 0.306 e. The Labute approximate surface area is 371 Å². The molecule has 3 atom stereocenters. The third-order valence-corrected chi connectivity index (χ3v) is 11.0. The molecule has 0 saturated heterocycles. The molecule has 0 aromatic carbocycles. The number of rotatable bonds is 44. The first-order valence-corrected chi connectivity index (χ1v) is 25.2. The van der Waals surface area contributed by atoms with Crippen molar-refractivity contribution in [1.82, 2.24) is 5.32 Å². The van der Waals surface area contributed by atoms with Gasteiger partial charge in [0.1, 0.15) is 6.10 Å². The summed E-state index contributed by atoms with van der Waals surface area (Å²) in [6.45, 7) is 6.31. The van der Waals surface area contributed by atoms with E-state index in [0.29, 0.717) is 19.3 Å². The van der Waals surface area contributed by atoms with Gasteiger partial charge in [-0.2, -0.15) is 0 Å². The predicted octanol–water partition coefficient (Wildman–Crippen LogP) is 15.0. The maximum absolute atomic E-state index is 13.1. The number of unbranched alkanes of at least 4 members (excludes halogenated alkanes) is 22. The van der Waals surface area contributed by atoms with E-state index in [1.165, 1.54) is 109 Å². The Morgan fingerprint density at radius 1 is 0.517 bits per heavy atom. The van der Waals surface area contributed by atoms with Crippen molar-refractivity contribution in [2.75, 3.05) is 6.61 Å². The molecule has 1 amide bonds. The van der Waals surface area contributed by atoms with Gasteiger partial charge in [-0.15, -0.1) is 0 Å². The third kappa shape index (κ3) is 42.0. The second-order valence-electron chi connectivity index (χ2n) is 16.8. The van der Waals surface area contributed by atoms with Gasteiger partial charge in [0, 0.05) is 6.42 Å². The van der Waals surface area contributed by atoms with Gasteiger partial charge in [0.05, 0.1) is 25.2 Å². The highest BCUT2D eigenvalue weighted by atomic mass is 16.5. The van der Waals surface area contributed by atoms with Crippen molar-refractivity contribution in [1.29, 1.82) is 0 Å². The molecule has 60 heavy (non-hydrogen) atoms. The summed E-state index contributed by atoms with van der Waals surface area (Å²) in [6.07, 6.45) is 60.0. The van der Waals surface area contributed by atoms with E-state index in [-0.39, 0.29) is 24.9 Å². The molecule has 0 aromatic heterocycles. The first-order chi connectivity index (χ1) is 29.5. The van der Waals surface area contributed by atoms with Gasteiger partial charge in [-0.1, -0.05) is 216 Å². The van der Waals surface area contributed by atoms with Crippen molar-refractivity contribution in [3.05, 3.63) is 72.9 Å². The van der Waals surface area contributed by atoms with Crippen LogP contribution in [0.4, 0.5) is 0 Å². The number of hydrogen-bond acceptors (Lipinski definition) is 5. The van der Waals surface area contributed by atoms with Crippen molar-refractivity contribution < 1.29 is 24.5 Å². The number of amides is 1. The van der Waals surface area contributed by atoms with Crippen molar-refractivity contribution in [2.24, 2.45) is 0 Å². The van der Waals surface area contributed by atoms with Crippen LogP contribution in [0.1, 0.15) is 233 Å². The van der Waals surface area contributed by atoms with Crippen LogP contribution < -0.4 is 5.32 Å². The second kappa shape index (κ2) is 47.4. The number of aliphatic hydroxyl groups is 2. The number of esters is 1. The van der Waals surface area contributed by atoms with E-state index in [1.807, 2.05) is 6.08 Å². The van der Waals surface area contributed by atoms with Crippen molar-refractivity contribution in [3.63, 3.8) is 0 Å². The van der Waals surface area contributed by atoms with Crippen LogP contribution in [-0.4, -0.2) is 46.9 Å². The van der Waals surface area contributed by atoms with Crippen LogP contribution in [0.3, 0.4) is 0 Å². The lowest BCUT2D eigenvalue weighted by atomic mass is 10.0. The van der Waals surface area contributed by atoms with E-state index in [0.717, 1.165) is 77.0 Å². The lowest BCUT2D eigenvalue weighted by Crippen LogP contribution is -2.46. The summed E-state index contributed by atoms with van der Waals surface area (Å²) in [5.74, 6) is -0.641. The van der Waals surface area contributed by atoms with Crippen molar-refractivity contribution >= 4 is 11.9 Å². The highest BCUT2D eigenvalue weighted by molar-refractivity contribution is 5.78. The first kappa shape index (κ1) is 57.3.